The highest BCUT2D eigenvalue weighted by molar-refractivity contribution is 6.27. The molecule has 1 fully saturated rings. The van der Waals surface area contributed by atoms with Gasteiger partial charge in [-0.25, -0.2) is 8.78 Å². The minimum Gasteiger partial charge on any atom is -0.367 e. The van der Waals surface area contributed by atoms with Crippen molar-refractivity contribution in [1.29, 1.82) is 0 Å². The minimum atomic E-state index is -0.757. The second kappa shape index (κ2) is 6.95. The number of anilines is 1. The quantitative estimate of drug-likeness (QED) is 0.884. The molecule has 2 aromatic rings. The molecule has 2 aliphatic rings. The van der Waals surface area contributed by atoms with E-state index in [2.05, 4.69) is 5.32 Å². The molecule has 1 saturated heterocycles. The van der Waals surface area contributed by atoms with E-state index in [1.807, 2.05) is 4.90 Å². The lowest BCUT2D eigenvalue weighted by atomic mass is 9.89. The van der Waals surface area contributed by atoms with Crippen LogP contribution in [-0.2, 0) is 0 Å². The van der Waals surface area contributed by atoms with Crippen molar-refractivity contribution in [1.82, 2.24) is 4.90 Å². The van der Waals surface area contributed by atoms with Gasteiger partial charge in [-0.1, -0.05) is 24.3 Å². The van der Waals surface area contributed by atoms with E-state index in [0.29, 0.717) is 24.2 Å². The molecule has 1 N–H and O–H groups in total. The van der Waals surface area contributed by atoms with Crippen molar-refractivity contribution < 1.29 is 18.4 Å². The zero-order chi connectivity index (χ0) is 19.0. The number of benzene rings is 2. The van der Waals surface area contributed by atoms with Crippen molar-refractivity contribution in [2.24, 2.45) is 0 Å². The molecule has 1 aliphatic carbocycles. The molecule has 4 nitrogen and oxygen atoms in total. The number of Topliss-reactive ketones (excluding diaryl/α,β-unsaturated/α-hetero) is 2. The molecular formula is C21H18F2N2O2. The van der Waals surface area contributed by atoms with Crippen LogP contribution in [0.2, 0.25) is 0 Å². The van der Waals surface area contributed by atoms with Gasteiger partial charge in [0.2, 0.25) is 11.6 Å². The van der Waals surface area contributed by atoms with Gasteiger partial charge in [0, 0.05) is 36.0 Å². The Morgan fingerprint density at radius 1 is 0.815 bits per heavy atom. The van der Waals surface area contributed by atoms with Gasteiger partial charge in [-0.2, -0.15) is 0 Å². The van der Waals surface area contributed by atoms with Crippen LogP contribution in [0.4, 0.5) is 14.5 Å². The maximum Gasteiger partial charge on any atom is 0.212 e. The number of carbonyl (C=O) groups is 2. The van der Waals surface area contributed by atoms with E-state index in [-0.39, 0.29) is 28.6 Å². The Morgan fingerprint density at radius 2 is 1.41 bits per heavy atom. The van der Waals surface area contributed by atoms with Gasteiger partial charge in [0.1, 0.15) is 23.0 Å². The summed E-state index contributed by atoms with van der Waals surface area (Å²) in [7, 11) is 0. The predicted octanol–water partition coefficient (Wildman–Crippen LogP) is 4.15. The minimum absolute atomic E-state index is 0.0746. The fourth-order valence-corrected chi connectivity index (χ4v) is 3.67. The number of nitrogens with zero attached hydrogens (tertiary/aromatic N) is 1. The topological polar surface area (TPSA) is 49.4 Å². The van der Waals surface area contributed by atoms with Gasteiger partial charge in [-0.3, -0.25) is 9.59 Å². The zero-order valence-electron chi connectivity index (χ0n) is 14.6. The Labute approximate surface area is 155 Å². The van der Waals surface area contributed by atoms with E-state index >= 15 is 0 Å². The number of halogens is 2. The Morgan fingerprint density at radius 3 is 2.04 bits per heavy atom. The Kier molecular flexibility index (Phi) is 4.48. The van der Waals surface area contributed by atoms with Gasteiger partial charge >= 0.3 is 0 Å². The Hall–Kier alpha value is -3.02. The van der Waals surface area contributed by atoms with Crippen LogP contribution >= 0.6 is 0 Å². The highest BCUT2D eigenvalue weighted by Gasteiger charge is 2.35. The highest BCUT2D eigenvalue weighted by Crippen LogP contribution is 2.31. The summed E-state index contributed by atoms with van der Waals surface area (Å²) in [5, 5.41) is 2.82. The van der Waals surface area contributed by atoms with E-state index < -0.39 is 11.6 Å². The first-order valence-corrected chi connectivity index (χ1v) is 8.95. The standard InChI is InChI=1S/C21H18F2N2O2/c22-13-10-14(23)12-15(11-13)24-18-19(25-8-4-1-5-9-25)21(27)17-7-3-2-6-16(17)20(18)26/h2-3,6-7,10-12,24H,1,4-5,8-9H2. The molecule has 0 aromatic heterocycles. The number of rotatable bonds is 3. The van der Waals surface area contributed by atoms with Crippen molar-refractivity contribution in [2.75, 3.05) is 18.4 Å². The zero-order valence-corrected chi connectivity index (χ0v) is 14.6. The van der Waals surface area contributed by atoms with E-state index in [1.165, 1.54) is 0 Å². The number of hydrogen-bond donors (Lipinski definition) is 1. The molecular weight excluding hydrogens is 350 g/mol. The summed E-state index contributed by atoms with van der Waals surface area (Å²) in [5.41, 5.74) is 1.10. The first-order valence-electron chi connectivity index (χ1n) is 8.95. The average molecular weight is 368 g/mol. The van der Waals surface area contributed by atoms with Gasteiger partial charge in [0.25, 0.3) is 0 Å². The van der Waals surface area contributed by atoms with Crippen molar-refractivity contribution >= 4 is 17.3 Å². The maximum absolute atomic E-state index is 13.6. The van der Waals surface area contributed by atoms with Crippen LogP contribution in [0, 0.1) is 11.6 Å². The number of nitrogens with one attached hydrogen (secondary N) is 1. The van der Waals surface area contributed by atoms with E-state index in [1.54, 1.807) is 24.3 Å². The average Bonchev–Trinajstić information content (AvgIpc) is 2.66. The van der Waals surface area contributed by atoms with E-state index in [0.717, 1.165) is 37.5 Å². The third kappa shape index (κ3) is 3.23. The van der Waals surface area contributed by atoms with Gasteiger partial charge in [-0.05, 0) is 31.4 Å². The largest absolute Gasteiger partial charge is 0.367 e. The monoisotopic (exact) mass is 368 g/mol. The van der Waals surface area contributed by atoms with Crippen molar-refractivity contribution in [3.8, 4) is 0 Å². The molecule has 0 atom stereocenters. The third-order valence-electron chi connectivity index (χ3n) is 4.90. The molecule has 2 aromatic carbocycles. The molecule has 0 spiro atoms. The highest BCUT2D eigenvalue weighted by atomic mass is 19.1. The molecule has 1 heterocycles. The Bertz CT molecular complexity index is 942. The number of carbonyl (C=O) groups excluding carboxylic acids is 2. The van der Waals surface area contributed by atoms with Crippen LogP contribution in [-0.4, -0.2) is 29.6 Å². The molecule has 0 amide bonds. The van der Waals surface area contributed by atoms with Gasteiger partial charge in [-0.15, -0.1) is 0 Å². The summed E-state index contributed by atoms with van der Waals surface area (Å²) in [6, 6.07) is 9.60. The summed E-state index contributed by atoms with van der Waals surface area (Å²) >= 11 is 0. The lowest BCUT2D eigenvalue weighted by Gasteiger charge is -2.34. The maximum atomic E-state index is 13.6. The summed E-state index contributed by atoms with van der Waals surface area (Å²) in [6.45, 7) is 1.33. The van der Waals surface area contributed by atoms with Gasteiger partial charge in [0.05, 0.1) is 0 Å². The Balaban J connectivity index is 1.83. The number of hydrogen-bond acceptors (Lipinski definition) is 4. The fraction of sp³-hybridized carbons (Fsp3) is 0.238. The van der Waals surface area contributed by atoms with E-state index in [4.69, 9.17) is 0 Å². The van der Waals surface area contributed by atoms with Crippen LogP contribution in [0.5, 0.6) is 0 Å². The van der Waals surface area contributed by atoms with E-state index in [9.17, 15) is 18.4 Å². The van der Waals surface area contributed by atoms with Gasteiger partial charge in [0.15, 0.2) is 0 Å². The molecule has 0 saturated carbocycles. The third-order valence-corrected chi connectivity index (χ3v) is 4.90. The van der Waals surface area contributed by atoms with Crippen molar-refractivity contribution in [3.63, 3.8) is 0 Å². The van der Waals surface area contributed by atoms with Crippen LogP contribution < -0.4 is 5.32 Å². The summed E-state index contributed by atoms with van der Waals surface area (Å²) in [4.78, 5) is 28.2. The molecule has 0 bridgehead atoms. The first kappa shape index (κ1) is 17.4. The molecule has 27 heavy (non-hydrogen) atoms. The smallest absolute Gasteiger partial charge is 0.212 e. The molecule has 0 radical (unpaired) electrons. The summed E-state index contributed by atoms with van der Waals surface area (Å²) in [5.74, 6) is -2.11. The lowest BCUT2D eigenvalue weighted by molar-refractivity contribution is 0.0935. The molecule has 138 valence electrons. The number of likely N-dealkylation sites (tertiary alicyclic amines) is 1. The van der Waals surface area contributed by atoms with Crippen LogP contribution in [0.25, 0.3) is 0 Å². The second-order valence-corrected chi connectivity index (χ2v) is 6.76. The molecule has 6 heteroatoms. The molecule has 0 unspecified atom stereocenters. The second-order valence-electron chi connectivity index (χ2n) is 6.76. The van der Waals surface area contributed by atoms with Crippen LogP contribution in [0.3, 0.4) is 0 Å². The van der Waals surface area contributed by atoms with Crippen molar-refractivity contribution in [3.05, 3.63) is 76.6 Å². The number of piperidine rings is 1. The summed E-state index contributed by atoms with van der Waals surface area (Å²) in [6.07, 6.45) is 2.92. The van der Waals surface area contributed by atoms with Crippen LogP contribution in [0.1, 0.15) is 40.0 Å². The fourth-order valence-electron chi connectivity index (χ4n) is 3.67. The number of fused-ring (bicyclic) bond motifs is 1. The number of ketones is 2. The first-order chi connectivity index (χ1) is 13.0. The van der Waals surface area contributed by atoms with Crippen molar-refractivity contribution in [2.45, 2.75) is 19.3 Å². The number of allylic oxidation sites excluding steroid dienone is 2. The lowest BCUT2D eigenvalue weighted by Crippen LogP contribution is -2.39. The molecule has 1 aliphatic heterocycles. The SMILES string of the molecule is O=C1C(Nc2cc(F)cc(F)c2)=C(N2CCCCC2)C(=O)c2ccccc21. The summed E-state index contributed by atoms with van der Waals surface area (Å²) < 4.78 is 27.2. The van der Waals surface area contributed by atoms with Gasteiger partial charge < -0.3 is 10.2 Å². The normalized spacial score (nSPS) is 17.2. The predicted molar refractivity (Wildman–Crippen MR) is 97.5 cm³/mol. The molecule has 4 rings (SSSR count). The van der Waals surface area contributed by atoms with Crippen LogP contribution in [0.15, 0.2) is 53.9 Å².